The van der Waals surface area contributed by atoms with Gasteiger partial charge in [-0.25, -0.2) is 4.57 Å². The smallest absolute Gasteiger partial charge is 0.201 e. The Morgan fingerprint density at radius 3 is 1.88 bits per heavy atom. The number of hydrogen-bond donors (Lipinski definition) is 0. The van der Waals surface area contributed by atoms with E-state index >= 15 is 0 Å². The van der Waals surface area contributed by atoms with Crippen LogP contribution < -0.4 is 4.57 Å². The molecule has 0 radical (unpaired) electrons. The zero-order valence-corrected chi connectivity index (χ0v) is 19.6. The average Bonchev–Trinajstić information content (AvgIpc) is 3.44. The number of aryl methyl sites for hydroxylation is 1. The number of nitrogens with zero attached hydrogens (tertiary/aromatic N) is 1. The average molecular weight is 437 g/mol. The maximum atomic E-state index is 2.38. The van der Waals surface area contributed by atoms with Gasteiger partial charge in [-0.3, -0.25) is 0 Å². The van der Waals surface area contributed by atoms with E-state index in [4.69, 9.17) is 0 Å². The zero-order chi connectivity index (χ0) is 22.8. The Morgan fingerprint density at radius 2 is 1.18 bits per heavy atom. The van der Waals surface area contributed by atoms with Crippen molar-refractivity contribution in [2.24, 2.45) is 7.05 Å². The number of aromatic nitrogens is 1. The zero-order valence-electron chi connectivity index (χ0n) is 19.6. The van der Waals surface area contributed by atoms with Gasteiger partial charge in [-0.05, 0) is 81.0 Å². The Morgan fingerprint density at radius 1 is 0.588 bits per heavy atom. The number of hydrogen-bond acceptors (Lipinski definition) is 0. The molecule has 0 fully saturated rings. The summed E-state index contributed by atoms with van der Waals surface area (Å²) in [5.74, 6) is 0. The Hall–Kier alpha value is -3.97. The van der Waals surface area contributed by atoms with Crippen molar-refractivity contribution in [2.75, 3.05) is 0 Å². The first kappa shape index (κ1) is 19.5. The Bertz CT molecular complexity index is 1610. The number of benzene rings is 4. The van der Waals surface area contributed by atoms with Crippen LogP contribution in [0.5, 0.6) is 0 Å². The fraction of sp³-hybridized carbons (Fsp3) is 0.121. The van der Waals surface area contributed by atoms with E-state index < -0.39 is 0 Å². The van der Waals surface area contributed by atoms with Gasteiger partial charge in [-0.1, -0.05) is 78.9 Å². The molecule has 1 nitrogen and oxygen atoms in total. The normalized spacial score (nSPS) is 12.8. The quantitative estimate of drug-likeness (QED) is 0.250. The molecule has 162 valence electrons. The summed E-state index contributed by atoms with van der Waals surface area (Å²) in [7, 11) is 2.18. The van der Waals surface area contributed by atoms with Gasteiger partial charge in [0.25, 0.3) is 0 Å². The predicted octanol–water partition coefficient (Wildman–Crippen LogP) is 7.30. The van der Waals surface area contributed by atoms with Crippen molar-refractivity contribution in [1.29, 1.82) is 0 Å². The maximum absolute atomic E-state index is 2.38. The first-order chi connectivity index (χ1) is 16.7. The van der Waals surface area contributed by atoms with Gasteiger partial charge in [-0.2, -0.15) is 0 Å². The molecule has 0 unspecified atom stereocenters. The number of fused-ring (bicyclic) bond motifs is 7. The van der Waals surface area contributed by atoms with Crippen LogP contribution in [0, 0.1) is 6.92 Å². The summed E-state index contributed by atoms with van der Waals surface area (Å²) in [6.07, 6.45) is 4.22. The Balaban J connectivity index is 1.55. The summed E-state index contributed by atoms with van der Waals surface area (Å²) in [5.41, 5.74) is 18.3. The summed E-state index contributed by atoms with van der Waals surface area (Å²) < 4.78 is 2.30. The van der Waals surface area contributed by atoms with Gasteiger partial charge in [0, 0.05) is 12.1 Å². The maximum Gasteiger partial charge on any atom is 0.213 e. The third kappa shape index (κ3) is 2.70. The summed E-state index contributed by atoms with van der Waals surface area (Å²) in [4.78, 5) is 0. The molecule has 0 amide bonds. The lowest BCUT2D eigenvalue weighted by atomic mass is 9.85. The van der Waals surface area contributed by atoms with Crippen LogP contribution in [0.3, 0.4) is 0 Å². The van der Waals surface area contributed by atoms with Crippen LogP contribution in [-0.2, 0) is 19.9 Å². The van der Waals surface area contributed by atoms with Crippen molar-refractivity contribution in [3.8, 4) is 44.6 Å². The van der Waals surface area contributed by atoms with Crippen molar-refractivity contribution >= 4 is 0 Å². The second kappa shape index (κ2) is 7.27. The van der Waals surface area contributed by atoms with E-state index in [1.807, 2.05) is 0 Å². The fourth-order valence-electron chi connectivity index (χ4n) is 6.18. The molecule has 4 aromatic carbocycles. The molecule has 0 aliphatic heterocycles. The van der Waals surface area contributed by atoms with Crippen molar-refractivity contribution < 1.29 is 4.57 Å². The third-order valence-electron chi connectivity index (χ3n) is 7.80. The second-order valence-electron chi connectivity index (χ2n) is 9.65. The predicted molar refractivity (Wildman–Crippen MR) is 140 cm³/mol. The molecular weight excluding hydrogens is 410 g/mol. The highest BCUT2D eigenvalue weighted by atomic mass is 14.9. The summed E-state index contributed by atoms with van der Waals surface area (Å²) in [5, 5.41) is 0. The van der Waals surface area contributed by atoms with Crippen molar-refractivity contribution in [2.45, 2.75) is 19.8 Å². The minimum Gasteiger partial charge on any atom is -0.201 e. The molecule has 1 heterocycles. The van der Waals surface area contributed by atoms with Crippen LogP contribution in [0.25, 0.3) is 44.6 Å². The second-order valence-corrected chi connectivity index (χ2v) is 9.65. The lowest BCUT2D eigenvalue weighted by Crippen LogP contribution is -2.31. The van der Waals surface area contributed by atoms with Crippen molar-refractivity contribution in [3.05, 3.63) is 125 Å². The van der Waals surface area contributed by atoms with Crippen molar-refractivity contribution in [1.82, 2.24) is 0 Å². The van der Waals surface area contributed by atoms with Crippen molar-refractivity contribution in [3.63, 3.8) is 0 Å². The lowest BCUT2D eigenvalue weighted by molar-refractivity contribution is -0.660. The SMILES string of the molecule is Cc1c2c(c3c(c1-c1cc(-c4ccccc4)cc[n+]1C)Cc1ccccc1-3)-c1ccccc1C2. The molecule has 0 atom stereocenters. The minimum absolute atomic E-state index is 0.993. The third-order valence-corrected chi connectivity index (χ3v) is 7.80. The molecule has 34 heavy (non-hydrogen) atoms. The molecular formula is C33H26N+. The van der Waals surface area contributed by atoms with Crippen LogP contribution in [0.4, 0.5) is 0 Å². The van der Waals surface area contributed by atoms with E-state index in [0.717, 1.165) is 12.8 Å². The first-order valence-corrected chi connectivity index (χ1v) is 12.1. The molecule has 1 aromatic heterocycles. The van der Waals surface area contributed by atoms with Crippen LogP contribution in [-0.4, -0.2) is 0 Å². The highest BCUT2D eigenvalue weighted by Gasteiger charge is 2.35. The molecule has 1 heteroatoms. The van der Waals surface area contributed by atoms with E-state index in [2.05, 4.69) is 116 Å². The summed E-state index contributed by atoms with van der Waals surface area (Å²) in [6, 6.07) is 33.3. The highest BCUT2D eigenvalue weighted by molar-refractivity contribution is 6.00. The van der Waals surface area contributed by atoms with E-state index in [1.165, 1.54) is 72.5 Å². The number of pyridine rings is 1. The van der Waals surface area contributed by atoms with E-state index in [9.17, 15) is 0 Å². The van der Waals surface area contributed by atoms with Gasteiger partial charge < -0.3 is 0 Å². The van der Waals surface area contributed by atoms with Gasteiger partial charge in [0.05, 0.1) is 5.56 Å². The molecule has 2 aliphatic carbocycles. The van der Waals surface area contributed by atoms with Gasteiger partial charge in [0.1, 0.15) is 7.05 Å². The topological polar surface area (TPSA) is 3.88 Å². The molecule has 0 bridgehead atoms. The van der Waals surface area contributed by atoms with E-state index in [1.54, 1.807) is 0 Å². The van der Waals surface area contributed by atoms with Crippen LogP contribution in [0.1, 0.15) is 27.8 Å². The van der Waals surface area contributed by atoms with Crippen LogP contribution >= 0.6 is 0 Å². The molecule has 0 saturated carbocycles. The molecule has 5 aromatic rings. The van der Waals surface area contributed by atoms with E-state index in [0.29, 0.717) is 0 Å². The summed E-state index contributed by atoms with van der Waals surface area (Å²) in [6.45, 7) is 2.35. The molecule has 7 rings (SSSR count). The monoisotopic (exact) mass is 436 g/mol. The van der Waals surface area contributed by atoms with E-state index in [-0.39, 0.29) is 0 Å². The molecule has 0 saturated heterocycles. The Kier molecular flexibility index (Phi) is 4.17. The molecule has 2 aliphatic rings. The minimum atomic E-state index is 0.993. The van der Waals surface area contributed by atoms with Gasteiger partial charge in [0.15, 0.2) is 6.20 Å². The standard InChI is InChI=1S/C33H26N/c1-21-28-18-24-12-6-8-14-26(24)32(28)33-27-15-9-7-13-25(27)19-29(33)31(21)30-20-23(16-17-34(30)2)22-10-4-3-5-11-22/h3-17,20H,18-19H2,1-2H3/q+1. The first-order valence-electron chi connectivity index (χ1n) is 12.1. The Labute approximate surface area is 201 Å². The molecule has 0 spiro atoms. The fourth-order valence-corrected chi connectivity index (χ4v) is 6.18. The van der Waals surface area contributed by atoms with Crippen LogP contribution in [0.15, 0.2) is 97.2 Å². The lowest BCUT2D eigenvalue weighted by Gasteiger charge is -2.18. The van der Waals surface area contributed by atoms with Crippen LogP contribution in [0.2, 0.25) is 0 Å². The largest absolute Gasteiger partial charge is 0.213 e. The van der Waals surface area contributed by atoms with Gasteiger partial charge in [0.2, 0.25) is 5.69 Å². The summed E-state index contributed by atoms with van der Waals surface area (Å²) >= 11 is 0. The number of rotatable bonds is 2. The molecule has 0 N–H and O–H groups in total. The van der Waals surface area contributed by atoms with Gasteiger partial charge in [-0.15, -0.1) is 0 Å². The van der Waals surface area contributed by atoms with Gasteiger partial charge >= 0.3 is 0 Å². The highest BCUT2D eigenvalue weighted by Crippen LogP contribution is 2.53.